The zero-order valence-electron chi connectivity index (χ0n) is 10.9. The first-order chi connectivity index (χ1) is 8.98. The summed E-state index contributed by atoms with van der Waals surface area (Å²) in [5, 5.41) is 0. The Morgan fingerprint density at radius 2 is 1.53 bits per heavy atom. The summed E-state index contributed by atoms with van der Waals surface area (Å²) in [4.78, 5) is 0. The number of halogens is 2. The minimum absolute atomic E-state index is 0.189. The van der Waals surface area contributed by atoms with Gasteiger partial charge in [-0.05, 0) is 43.0 Å². The molecule has 0 aliphatic carbocycles. The molecule has 1 unspecified atom stereocenters. The van der Waals surface area contributed by atoms with Crippen molar-refractivity contribution in [3.63, 3.8) is 0 Å². The lowest BCUT2D eigenvalue weighted by Gasteiger charge is -2.25. The SMILES string of the molecule is CC(N)(Cc1ccccc1F)Cc1ccccc1Br. The topological polar surface area (TPSA) is 26.0 Å². The molecule has 2 N–H and O–H groups in total. The lowest BCUT2D eigenvalue weighted by Crippen LogP contribution is -2.41. The molecule has 0 heterocycles. The maximum atomic E-state index is 13.7. The highest BCUT2D eigenvalue weighted by atomic mass is 79.9. The molecule has 0 aromatic heterocycles. The highest BCUT2D eigenvalue weighted by molar-refractivity contribution is 9.10. The van der Waals surface area contributed by atoms with Crippen LogP contribution < -0.4 is 5.73 Å². The molecule has 0 aliphatic rings. The van der Waals surface area contributed by atoms with Gasteiger partial charge in [-0.1, -0.05) is 52.3 Å². The molecular formula is C16H17BrFN. The van der Waals surface area contributed by atoms with Crippen LogP contribution in [0.5, 0.6) is 0 Å². The highest BCUT2D eigenvalue weighted by Crippen LogP contribution is 2.23. The predicted molar refractivity (Wildman–Crippen MR) is 80.5 cm³/mol. The maximum absolute atomic E-state index is 13.7. The average molecular weight is 322 g/mol. The van der Waals surface area contributed by atoms with E-state index < -0.39 is 5.54 Å². The van der Waals surface area contributed by atoms with E-state index >= 15 is 0 Å². The van der Waals surface area contributed by atoms with Crippen LogP contribution in [0.3, 0.4) is 0 Å². The molecule has 0 bridgehead atoms. The summed E-state index contributed by atoms with van der Waals surface area (Å²) in [5.41, 5.74) is 7.66. The number of rotatable bonds is 4. The monoisotopic (exact) mass is 321 g/mol. The summed E-state index contributed by atoms with van der Waals surface area (Å²) in [7, 11) is 0. The van der Waals surface area contributed by atoms with Crippen LogP contribution in [0.25, 0.3) is 0 Å². The van der Waals surface area contributed by atoms with Crippen LogP contribution in [0, 0.1) is 5.82 Å². The van der Waals surface area contributed by atoms with E-state index in [2.05, 4.69) is 15.9 Å². The lowest BCUT2D eigenvalue weighted by atomic mass is 9.87. The van der Waals surface area contributed by atoms with Gasteiger partial charge in [0.05, 0.1) is 0 Å². The van der Waals surface area contributed by atoms with Crippen LogP contribution in [-0.4, -0.2) is 5.54 Å². The molecule has 19 heavy (non-hydrogen) atoms. The molecule has 1 nitrogen and oxygen atoms in total. The van der Waals surface area contributed by atoms with Gasteiger partial charge in [-0.2, -0.15) is 0 Å². The fourth-order valence-corrected chi connectivity index (χ4v) is 2.64. The van der Waals surface area contributed by atoms with Crippen LogP contribution in [-0.2, 0) is 12.8 Å². The Labute approximate surface area is 121 Å². The number of benzene rings is 2. The zero-order chi connectivity index (χ0) is 13.9. The standard InChI is InChI=1S/C16H17BrFN/c1-16(19,10-12-6-2-4-8-14(12)17)11-13-7-3-5-9-15(13)18/h2-9H,10-11,19H2,1H3. The van der Waals surface area contributed by atoms with Crippen molar-refractivity contribution in [3.8, 4) is 0 Å². The van der Waals surface area contributed by atoms with E-state index in [4.69, 9.17) is 5.73 Å². The smallest absolute Gasteiger partial charge is 0.126 e. The van der Waals surface area contributed by atoms with E-state index in [1.807, 2.05) is 37.3 Å². The van der Waals surface area contributed by atoms with Crippen molar-refractivity contribution in [2.24, 2.45) is 5.73 Å². The van der Waals surface area contributed by atoms with Gasteiger partial charge in [0, 0.05) is 10.0 Å². The first-order valence-electron chi connectivity index (χ1n) is 6.24. The van der Waals surface area contributed by atoms with E-state index in [-0.39, 0.29) is 5.82 Å². The number of nitrogens with two attached hydrogens (primary N) is 1. The second-order valence-electron chi connectivity index (χ2n) is 5.19. The van der Waals surface area contributed by atoms with Crippen LogP contribution in [0.15, 0.2) is 53.0 Å². The Morgan fingerprint density at radius 3 is 2.16 bits per heavy atom. The molecule has 0 spiro atoms. The Morgan fingerprint density at radius 1 is 1.00 bits per heavy atom. The third kappa shape index (κ3) is 3.88. The molecule has 2 aromatic carbocycles. The van der Waals surface area contributed by atoms with Crippen molar-refractivity contribution < 1.29 is 4.39 Å². The molecule has 0 radical (unpaired) electrons. The van der Waals surface area contributed by atoms with E-state index in [1.54, 1.807) is 12.1 Å². The Kier molecular flexibility index (Phi) is 4.38. The van der Waals surface area contributed by atoms with Gasteiger partial charge in [0.2, 0.25) is 0 Å². The highest BCUT2D eigenvalue weighted by Gasteiger charge is 2.22. The van der Waals surface area contributed by atoms with Gasteiger partial charge >= 0.3 is 0 Å². The van der Waals surface area contributed by atoms with Crippen molar-refractivity contribution in [2.75, 3.05) is 0 Å². The summed E-state index contributed by atoms with van der Waals surface area (Å²) in [5.74, 6) is -0.189. The molecule has 0 aliphatic heterocycles. The molecule has 3 heteroatoms. The maximum Gasteiger partial charge on any atom is 0.126 e. The van der Waals surface area contributed by atoms with Gasteiger partial charge in [0.25, 0.3) is 0 Å². The third-order valence-corrected chi connectivity index (χ3v) is 3.88. The number of hydrogen-bond acceptors (Lipinski definition) is 1. The molecule has 100 valence electrons. The quantitative estimate of drug-likeness (QED) is 0.901. The van der Waals surface area contributed by atoms with E-state index in [1.165, 1.54) is 6.07 Å². The van der Waals surface area contributed by atoms with E-state index in [0.29, 0.717) is 18.4 Å². The number of hydrogen-bond donors (Lipinski definition) is 1. The van der Waals surface area contributed by atoms with Crippen molar-refractivity contribution in [3.05, 3.63) is 69.9 Å². The largest absolute Gasteiger partial charge is 0.325 e. The van der Waals surface area contributed by atoms with Gasteiger partial charge in [-0.25, -0.2) is 4.39 Å². The summed E-state index contributed by atoms with van der Waals surface area (Å²) in [6, 6.07) is 14.8. The van der Waals surface area contributed by atoms with Gasteiger partial charge < -0.3 is 5.73 Å². The van der Waals surface area contributed by atoms with Crippen LogP contribution in [0.4, 0.5) is 4.39 Å². The van der Waals surface area contributed by atoms with Crippen LogP contribution >= 0.6 is 15.9 Å². The van der Waals surface area contributed by atoms with Crippen molar-refractivity contribution in [2.45, 2.75) is 25.3 Å². The van der Waals surface area contributed by atoms with Gasteiger partial charge in [0.15, 0.2) is 0 Å². The Bertz CT molecular complexity index is 517. The fraction of sp³-hybridized carbons (Fsp3) is 0.250. The van der Waals surface area contributed by atoms with E-state index in [9.17, 15) is 4.39 Å². The first kappa shape index (κ1) is 14.2. The second kappa shape index (κ2) is 5.85. The molecule has 0 saturated carbocycles. The minimum atomic E-state index is -0.480. The molecule has 2 rings (SSSR count). The van der Waals surface area contributed by atoms with Gasteiger partial charge in [0.1, 0.15) is 5.82 Å². The average Bonchev–Trinajstić information content (AvgIpc) is 2.35. The van der Waals surface area contributed by atoms with Crippen molar-refractivity contribution >= 4 is 15.9 Å². The summed E-state index contributed by atoms with van der Waals surface area (Å²) in [6.07, 6.45) is 1.21. The first-order valence-corrected chi connectivity index (χ1v) is 7.03. The van der Waals surface area contributed by atoms with Crippen molar-refractivity contribution in [1.82, 2.24) is 0 Å². The molecule has 1 atom stereocenters. The predicted octanol–water partition coefficient (Wildman–Crippen LogP) is 4.09. The molecule has 2 aromatic rings. The summed E-state index contributed by atoms with van der Waals surface area (Å²) < 4.78 is 14.7. The molecule has 0 amide bonds. The Hall–Kier alpha value is -1.19. The zero-order valence-corrected chi connectivity index (χ0v) is 12.5. The van der Waals surface area contributed by atoms with Crippen molar-refractivity contribution in [1.29, 1.82) is 0 Å². The molecular weight excluding hydrogens is 305 g/mol. The molecule has 0 fully saturated rings. The van der Waals surface area contributed by atoms with Gasteiger partial charge in [-0.15, -0.1) is 0 Å². The van der Waals surface area contributed by atoms with E-state index in [0.717, 1.165) is 10.0 Å². The summed E-state index contributed by atoms with van der Waals surface area (Å²) >= 11 is 3.52. The van der Waals surface area contributed by atoms with Gasteiger partial charge in [-0.3, -0.25) is 0 Å². The third-order valence-electron chi connectivity index (χ3n) is 3.10. The second-order valence-corrected chi connectivity index (χ2v) is 6.04. The van der Waals surface area contributed by atoms with Crippen LogP contribution in [0.2, 0.25) is 0 Å². The summed E-state index contributed by atoms with van der Waals surface area (Å²) in [6.45, 7) is 1.96. The minimum Gasteiger partial charge on any atom is -0.325 e. The fourth-order valence-electron chi connectivity index (χ4n) is 2.22. The Balaban J connectivity index is 2.15. The molecule has 0 saturated heterocycles. The lowest BCUT2D eigenvalue weighted by molar-refractivity contribution is 0.450. The van der Waals surface area contributed by atoms with Crippen LogP contribution in [0.1, 0.15) is 18.1 Å². The normalized spacial score (nSPS) is 14.1.